The number of hydrogen-bond donors (Lipinski definition) is 2. The van der Waals surface area contributed by atoms with Crippen molar-refractivity contribution in [2.24, 2.45) is 0 Å². The Labute approximate surface area is 182 Å². The fraction of sp³-hybridized carbons (Fsp3) is 0.261. The largest absolute Gasteiger partial charge is 0.354 e. The van der Waals surface area contributed by atoms with E-state index in [2.05, 4.69) is 9.71 Å². The Bertz CT molecular complexity index is 1210. The van der Waals surface area contributed by atoms with Gasteiger partial charge in [0.15, 0.2) is 0 Å². The van der Waals surface area contributed by atoms with E-state index in [1.165, 1.54) is 0 Å². The van der Waals surface area contributed by atoms with Crippen molar-refractivity contribution in [1.82, 2.24) is 4.98 Å². The van der Waals surface area contributed by atoms with Gasteiger partial charge >= 0.3 is 0 Å². The molecule has 1 aromatic heterocycles. The van der Waals surface area contributed by atoms with Gasteiger partial charge in [-0.15, -0.1) is 0 Å². The highest BCUT2D eigenvalue weighted by Crippen LogP contribution is 2.34. The van der Waals surface area contributed by atoms with Crippen molar-refractivity contribution >= 4 is 33.1 Å². The molecule has 0 bridgehead atoms. The Morgan fingerprint density at radius 1 is 1.07 bits per heavy atom. The van der Waals surface area contributed by atoms with Gasteiger partial charge in [-0.25, -0.2) is 8.42 Å². The molecule has 0 spiro atoms. The number of aryl methyl sites for hydroxylation is 2. The van der Waals surface area contributed by atoms with Crippen molar-refractivity contribution in [3.05, 3.63) is 86.7 Å². The van der Waals surface area contributed by atoms with E-state index in [1.54, 1.807) is 12.1 Å². The number of rotatable bonds is 6. The van der Waals surface area contributed by atoms with Gasteiger partial charge in [0, 0.05) is 22.9 Å². The zero-order chi connectivity index (χ0) is 22.2. The van der Waals surface area contributed by atoms with Gasteiger partial charge in [0.1, 0.15) is 0 Å². The number of sulfonamides is 1. The first kappa shape index (κ1) is 22.1. The number of carbonyl (C=O) groups excluding carboxylic acids is 1. The zero-order valence-corrected chi connectivity index (χ0v) is 19.2. The van der Waals surface area contributed by atoms with Crippen LogP contribution in [-0.2, 0) is 10.0 Å². The molecule has 0 aliphatic rings. The molecule has 1 unspecified atom stereocenters. The zero-order valence-electron chi connectivity index (χ0n) is 17.6. The fourth-order valence-corrected chi connectivity index (χ4v) is 4.41. The van der Waals surface area contributed by atoms with E-state index >= 15 is 0 Å². The lowest BCUT2D eigenvalue weighted by molar-refractivity contribution is 0.103. The van der Waals surface area contributed by atoms with Crippen LogP contribution in [0.1, 0.15) is 56.8 Å². The monoisotopic (exact) mass is 444 g/mol. The molecule has 0 radical (unpaired) electrons. The van der Waals surface area contributed by atoms with Gasteiger partial charge in [-0.05, 0) is 49.6 Å². The maximum Gasteiger partial charge on any atom is 0.229 e. The predicted molar refractivity (Wildman–Crippen MR) is 122 cm³/mol. The van der Waals surface area contributed by atoms with Crippen molar-refractivity contribution in [3.63, 3.8) is 0 Å². The molecular formula is C23H25ClN2O3S. The minimum absolute atomic E-state index is 0.0851. The molecule has 2 N–H and O–H groups in total. The predicted octanol–water partition coefficient (Wildman–Crippen LogP) is 5.35. The lowest BCUT2D eigenvalue weighted by Gasteiger charge is -2.13. The second-order valence-electron chi connectivity index (χ2n) is 7.72. The highest BCUT2D eigenvalue weighted by molar-refractivity contribution is 7.92. The summed E-state index contributed by atoms with van der Waals surface area (Å²) < 4.78 is 25.2. The average Bonchev–Trinajstić information content (AvgIpc) is 2.95. The SMILES string of the molecule is Cc1ccc(C(=O)c2[nH]c(C(C)c3ccc(NS(C)(=O)=O)cc3)c(Cl)c2C)c(C)c1. The summed E-state index contributed by atoms with van der Waals surface area (Å²) in [4.78, 5) is 16.4. The van der Waals surface area contributed by atoms with Gasteiger partial charge in [-0.3, -0.25) is 9.52 Å². The number of hydrogen-bond acceptors (Lipinski definition) is 3. The van der Waals surface area contributed by atoms with E-state index in [-0.39, 0.29) is 11.7 Å². The van der Waals surface area contributed by atoms with Crippen LogP contribution in [0.2, 0.25) is 5.02 Å². The van der Waals surface area contributed by atoms with Crippen LogP contribution in [0.4, 0.5) is 5.69 Å². The van der Waals surface area contributed by atoms with Crippen molar-refractivity contribution in [2.75, 3.05) is 11.0 Å². The van der Waals surface area contributed by atoms with Crippen molar-refractivity contribution in [2.45, 2.75) is 33.6 Å². The van der Waals surface area contributed by atoms with E-state index in [0.717, 1.165) is 34.2 Å². The average molecular weight is 445 g/mol. The molecule has 1 heterocycles. The Morgan fingerprint density at radius 2 is 1.70 bits per heavy atom. The standard InChI is InChI=1S/C23H25ClN2O3S/c1-13-6-11-19(14(2)12-13)23(27)22-16(4)20(24)21(25-22)15(3)17-7-9-18(10-8-17)26-30(5,28)29/h6-12,15,25-26H,1-5H3. The number of aromatic amines is 1. The number of ketones is 1. The number of benzene rings is 2. The highest BCUT2D eigenvalue weighted by Gasteiger charge is 2.24. The van der Waals surface area contributed by atoms with Crippen LogP contribution < -0.4 is 4.72 Å². The third-order valence-corrected chi connectivity index (χ3v) is 6.29. The van der Waals surface area contributed by atoms with Crippen LogP contribution in [0, 0.1) is 20.8 Å². The Kier molecular flexibility index (Phi) is 6.11. The smallest absolute Gasteiger partial charge is 0.229 e. The summed E-state index contributed by atoms with van der Waals surface area (Å²) in [6.07, 6.45) is 1.11. The van der Waals surface area contributed by atoms with E-state index in [1.807, 2.05) is 58.0 Å². The van der Waals surface area contributed by atoms with E-state index in [9.17, 15) is 13.2 Å². The minimum atomic E-state index is -3.33. The summed E-state index contributed by atoms with van der Waals surface area (Å²) in [6, 6.07) is 12.9. The first-order chi connectivity index (χ1) is 14.0. The molecule has 30 heavy (non-hydrogen) atoms. The quantitative estimate of drug-likeness (QED) is 0.503. The number of aromatic nitrogens is 1. The molecule has 2 aromatic carbocycles. The highest BCUT2D eigenvalue weighted by atomic mass is 35.5. The molecule has 0 amide bonds. The summed E-state index contributed by atoms with van der Waals surface area (Å²) in [5.41, 5.74) is 6.09. The van der Waals surface area contributed by atoms with E-state index in [4.69, 9.17) is 11.6 Å². The Hall–Kier alpha value is -2.57. The third kappa shape index (κ3) is 4.60. The van der Waals surface area contributed by atoms with E-state index < -0.39 is 10.0 Å². The van der Waals surface area contributed by atoms with Gasteiger partial charge in [0.05, 0.1) is 17.0 Å². The van der Waals surface area contributed by atoms with Crippen LogP contribution in [0.5, 0.6) is 0 Å². The first-order valence-electron chi connectivity index (χ1n) is 9.55. The molecule has 0 aliphatic heterocycles. The molecule has 3 rings (SSSR count). The molecule has 0 saturated heterocycles. The summed E-state index contributed by atoms with van der Waals surface area (Å²) in [6.45, 7) is 7.75. The van der Waals surface area contributed by atoms with Crippen molar-refractivity contribution < 1.29 is 13.2 Å². The Morgan fingerprint density at radius 3 is 2.27 bits per heavy atom. The van der Waals surface area contributed by atoms with Crippen molar-refractivity contribution in [1.29, 1.82) is 0 Å². The number of H-pyrrole nitrogens is 1. The topological polar surface area (TPSA) is 79.0 Å². The molecule has 5 nitrogen and oxygen atoms in total. The Balaban J connectivity index is 1.93. The van der Waals surface area contributed by atoms with Crippen LogP contribution >= 0.6 is 11.6 Å². The van der Waals surface area contributed by atoms with Gasteiger partial charge in [0.2, 0.25) is 15.8 Å². The summed E-state index contributed by atoms with van der Waals surface area (Å²) in [5, 5.41) is 0.536. The molecule has 158 valence electrons. The lowest BCUT2D eigenvalue weighted by atomic mass is 9.97. The van der Waals surface area contributed by atoms with Crippen LogP contribution in [0.3, 0.4) is 0 Å². The maximum atomic E-state index is 13.1. The number of nitrogens with one attached hydrogen (secondary N) is 2. The molecular weight excluding hydrogens is 420 g/mol. The van der Waals surface area contributed by atoms with Gasteiger partial charge in [0.25, 0.3) is 0 Å². The molecule has 0 fully saturated rings. The molecule has 1 atom stereocenters. The summed E-state index contributed by atoms with van der Waals surface area (Å²) >= 11 is 6.60. The second-order valence-corrected chi connectivity index (χ2v) is 9.84. The maximum absolute atomic E-state index is 13.1. The summed E-state index contributed by atoms with van der Waals surface area (Å²) in [5.74, 6) is -0.192. The minimum Gasteiger partial charge on any atom is -0.354 e. The van der Waals surface area contributed by atoms with Crippen LogP contribution in [0.25, 0.3) is 0 Å². The molecule has 0 aliphatic carbocycles. The summed E-state index contributed by atoms with van der Waals surface area (Å²) in [7, 11) is -3.33. The first-order valence-corrected chi connectivity index (χ1v) is 11.8. The lowest BCUT2D eigenvalue weighted by Crippen LogP contribution is -2.09. The molecule has 7 heteroatoms. The molecule has 3 aromatic rings. The third-order valence-electron chi connectivity index (χ3n) is 5.20. The molecule has 0 saturated carbocycles. The van der Waals surface area contributed by atoms with Gasteiger partial charge in [-0.2, -0.15) is 0 Å². The fourth-order valence-electron chi connectivity index (χ4n) is 3.54. The number of halogens is 1. The number of anilines is 1. The van der Waals surface area contributed by atoms with E-state index in [0.29, 0.717) is 22.0 Å². The van der Waals surface area contributed by atoms with Crippen LogP contribution in [-0.4, -0.2) is 25.4 Å². The second kappa shape index (κ2) is 8.28. The van der Waals surface area contributed by atoms with Gasteiger partial charge < -0.3 is 4.98 Å². The van der Waals surface area contributed by atoms with Crippen LogP contribution in [0.15, 0.2) is 42.5 Å². The van der Waals surface area contributed by atoms with Crippen molar-refractivity contribution in [3.8, 4) is 0 Å². The van der Waals surface area contributed by atoms with Gasteiger partial charge in [-0.1, -0.05) is 54.4 Å². The normalized spacial score (nSPS) is 12.6. The number of carbonyl (C=O) groups is 1.